The van der Waals surface area contributed by atoms with Crippen LogP contribution in [0.2, 0.25) is 0 Å². The van der Waals surface area contributed by atoms with E-state index in [1.165, 1.54) is 6.07 Å². The highest BCUT2D eigenvalue weighted by Crippen LogP contribution is 2.28. The van der Waals surface area contributed by atoms with Crippen molar-refractivity contribution < 1.29 is 14.0 Å². The number of likely N-dealkylation sites (N-methyl/N-ethyl adjacent to an activating group) is 1. The number of amides is 2. The third kappa shape index (κ3) is 7.19. The summed E-state index contributed by atoms with van der Waals surface area (Å²) in [6.45, 7) is 1.28. The van der Waals surface area contributed by atoms with E-state index < -0.39 is 0 Å². The normalized spacial score (nSPS) is 15.5. The maximum Gasteiger partial charge on any atom is 0.246 e. The number of thioether (sulfide) groups is 1. The minimum Gasteiger partial charge on any atom is -0.342 e. The maximum atomic E-state index is 14.4. The number of carbonyl (C=O) groups excluding carboxylic acids is 2. The Kier molecular flexibility index (Phi) is 9.55. The second kappa shape index (κ2) is 12.6. The molecule has 6 heteroatoms. The largest absolute Gasteiger partial charge is 0.342 e. The van der Waals surface area contributed by atoms with Crippen molar-refractivity contribution in [3.05, 3.63) is 77.6 Å². The van der Waals surface area contributed by atoms with Crippen LogP contribution in [0.3, 0.4) is 0 Å². The first-order valence-corrected chi connectivity index (χ1v) is 12.9. The number of likely N-dealkylation sites (tertiary alicyclic amines) is 1. The summed E-state index contributed by atoms with van der Waals surface area (Å²) in [5, 5.41) is 0. The van der Waals surface area contributed by atoms with E-state index in [2.05, 4.69) is 0 Å². The van der Waals surface area contributed by atoms with Gasteiger partial charge in [0, 0.05) is 44.4 Å². The molecular formula is C27H33FN2O2S. The fourth-order valence-corrected chi connectivity index (χ4v) is 4.78. The number of hydrogen-bond acceptors (Lipinski definition) is 3. The maximum absolute atomic E-state index is 14.4. The molecule has 0 bridgehead atoms. The lowest BCUT2D eigenvalue weighted by Gasteiger charge is -2.40. The summed E-state index contributed by atoms with van der Waals surface area (Å²) in [6, 6.07) is 16.5. The first kappa shape index (κ1) is 25.0. The van der Waals surface area contributed by atoms with E-state index in [4.69, 9.17) is 0 Å². The SMILES string of the molecule is CSCCC(=O)N(C)[C@H](Cc1ccccc1F)C1CCN(C(=O)/C=C/c2ccccc2)CC1. The fraction of sp³-hybridized carbons (Fsp3) is 0.407. The topological polar surface area (TPSA) is 40.6 Å². The van der Waals surface area contributed by atoms with Gasteiger partial charge in [0.15, 0.2) is 0 Å². The Hall–Kier alpha value is -2.60. The van der Waals surface area contributed by atoms with Gasteiger partial charge in [-0.2, -0.15) is 11.8 Å². The molecule has 2 amide bonds. The van der Waals surface area contributed by atoms with Gasteiger partial charge in [-0.15, -0.1) is 0 Å². The fourth-order valence-electron chi connectivity index (χ4n) is 4.40. The summed E-state index contributed by atoms with van der Waals surface area (Å²) >= 11 is 1.65. The number of carbonyl (C=O) groups is 2. The van der Waals surface area contributed by atoms with Crippen molar-refractivity contribution in [2.45, 2.75) is 31.7 Å². The Labute approximate surface area is 200 Å². The van der Waals surface area contributed by atoms with E-state index in [1.807, 2.05) is 65.6 Å². The van der Waals surface area contributed by atoms with Gasteiger partial charge in [0.25, 0.3) is 0 Å². The van der Waals surface area contributed by atoms with Gasteiger partial charge in [-0.25, -0.2) is 4.39 Å². The van der Waals surface area contributed by atoms with Crippen LogP contribution in [-0.4, -0.2) is 59.8 Å². The standard InChI is InChI=1S/C27H33FN2O2S/c1-29(26(31)16-19-33-2)25(20-23-10-6-7-11-24(23)28)22-14-17-30(18-15-22)27(32)13-12-21-8-4-3-5-9-21/h3-13,22,25H,14-20H2,1-2H3/b13-12+/t25-/m1/s1. The van der Waals surface area contributed by atoms with Crippen LogP contribution < -0.4 is 0 Å². The molecule has 3 rings (SSSR count). The van der Waals surface area contributed by atoms with Crippen molar-refractivity contribution in [2.24, 2.45) is 5.92 Å². The minimum absolute atomic E-state index is 0.00681. The number of halogens is 1. The summed E-state index contributed by atoms with van der Waals surface area (Å²) in [5.41, 5.74) is 1.63. The van der Waals surface area contributed by atoms with Gasteiger partial charge in [-0.3, -0.25) is 9.59 Å². The lowest BCUT2D eigenvalue weighted by Crippen LogP contribution is -2.48. The average Bonchev–Trinajstić information content (AvgIpc) is 2.85. The van der Waals surface area contributed by atoms with Crippen molar-refractivity contribution in [1.29, 1.82) is 0 Å². The number of nitrogens with zero attached hydrogens (tertiary/aromatic N) is 2. The van der Waals surface area contributed by atoms with E-state index in [1.54, 1.807) is 30.0 Å². The van der Waals surface area contributed by atoms with Crippen LogP contribution in [0, 0.1) is 11.7 Å². The molecule has 1 aliphatic heterocycles. The molecule has 0 aliphatic carbocycles. The first-order valence-electron chi connectivity index (χ1n) is 11.5. The molecule has 0 spiro atoms. The van der Waals surface area contributed by atoms with E-state index in [-0.39, 0.29) is 29.6 Å². The Morgan fingerprint density at radius 1 is 1.12 bits per heavy atom. The smallest absolute Gasteiger partial charge is 0.246 e. The van der Waals surface area contributed by atoms with Crippen molar-refractivity contribution >= 4 is 29.7 Å². The molecule has 0 radical (unpaired) electrons. The van der Waals surface area contributed by atoms with Crippen LogP contribution >= 0.6 is 11.8 Å². The predicted octanol–water partition coefficient (Wildman–Crippen LogP) is 4.90. The molecule has 1 fully saturated rings. The van der Waals surface area contributed by atoms with Gasteiger partial charge >= 0.3 is 0 Å². The molecule has 0 aromatic heterocycles. The third-order valence-electron chi connectivity index (χ3n) is 6.41. The van der Waals surface area contributed by atoms with Crippen molar-refractivity contribution in [3.8, 4) is 0 Å². The van der Waals surface area contributed by atoms with E-state index >= 15 is 0 Å². The van der Waals surface area contributed by atoms with Gasteiger partial charge in [0.2, 0.25) is 11.8 Å². The van der Waals surface area contributed by atoms with E-state index in [0.717, 1.165) is 24.2 Å². The van der Waals surface area contributed by atoms with Gasteiger partial charge in [-0.05, 0) is 54.7 Å². The Bertz CT molecular complexity index is 942. The predicted molar refractivity (Wildman–Crippen MR) is 134 cm³/mol. The van der Waals surface area contributed by atoms with Crippen LogP contribution in [0.15, 0.2) is 60.7 Å². The second-order valence-corrected chi connectivity index (χ2v) is 9.50. The lowest BCUT2D eigenvalue weighted by molar-refractivity contribution is -0.134. The molecule has 4 nitrogen and oxygen atoms in total. The molecule has 1 heterocycles. The highest BCUT2D eigenvalue weighted by atomic mass is 32.2. The zero-order valence-corrected chi connectivity index (χ0v) is 20.3. The van der Waals surface area contributed by atoms with Crippen LogP contribution in [0.1, 0.15) is 30.4 Å². The monoisotopic (exact) mass is 468 g/mol. The summed E-state index contributed by atoms with van der Waals surface area (Å²) < 4.78 is 14.4. The van der Waals surface area contributed by atoms with Gasteiger partial charge in [0.05, 0.1) is 0 Å². The minimum atomic E-state index is -0.230. The average molecular weight is 469 g/mol. The molecule has 2 aromatic rings. The Morgan fingerprint density at radius 2 is 1.79 bits per heavy atom. The van der Waals surface area contributed by atoms with Gasteiger partial charge in [-0.1, -0.05) is 48.5 Å². The molecule has 1 atom stereocenters. The molecule has 33 heavy (non-hydrogen) atoms. The summed E-state index contributed by atoms with van der Waals surface area (Å²) in [6.07, 6.45) is 8.02. The van der Waals surface area contributed by atoms with E-state index in [0.29, 0.717) is 31.5 Å². The second-order valence-electron chi connectivity index (χ2n) is 8.52. The molecule has 0 unspecified atom stereocenters. The molecule has 176 valence electrons. The number of rotatable bonds is 9. The highest BCUT2D eigenvalue weighted by Gasteiger charge is 2.32. The zero-order chi connectivity index (χ0) is 23.6. The zero-order valence-electron chi connectivity index (χ0n) is 19.5. The Balaban J connectivity index is 1.66. The quantitative estimate of drug-likeness (QED) is 0.492. The third-order valence-corrected chi connectivity index (χ3v) is 7.02. The summed E-state index contributed by atoms with van der Waals surface area (Å²) in [4.78, 5) is 29.2. The molecule has 2 aromatic carbocycles. The molecule has 1 saturated heterocycles. The van der Waals surface area contributed by atoms with Crippen LogP contribution in [0.4, 0.5) is 4.39 Å². The Morgan fingerprint density at radius 3 is 2.45 bits per heavy atom. The molecular weight excluding hydrogens is 435 g/mol. The number of piperidine rings is 1. The molecule has 1 aliphatic rings. The van der Waals surface area contributed by atoms with Crippen molar-refractivity contribution in [3.63, 3.8) is 0 Å². The molecule has 0 N–H and O–H groups in total. The summed E-state index contributed by atoms with van der Waals surface area (Å²) in [7, 11) is 1.84. The first-order chi connectivity index (χ1) is 16.0. The summed E-state index contributed by atoms with van der Waals surface area (Å²) in [5.74, 6) is 0.861. The van der Waals surface area contributed by atoms with Crippen molar-refractivity contribution in [2.75, 3.05) is 32.1 Å². The van der Waals surface area contributed by atoms with Gasteiger partial charge < -0.3 is 9.80 Å². The number of benzene rings is 2. The van der Waals surface area contributed by atoms with Crippen LogP contribution in [-0.2, 0) is 16.0 Å². The van der Waals surface area contributed by atoms with Crippen LogP contribution in [0.25, 0.3) is 6.08 Å². The highest BCUT2D eigenvalue weighted by molar-refractivity contribution is 7.98. The molecule has 0 saturated carbocycles. The number of hydrogen-bond donors (Lipinski definition) is 0. The lowest BCUT2D eigenvalue weighted by atomic mass is 9.84. The van der Waals surface area contributed by atoms with Crippen molar-refractivity contribution in [1.82, 2.24) is 9.80 Å². The van der Waals surface area contributed by atoms with E-state index in [9.17, 15) is 14.0 Å². The van der Waals surface area contributed by atoms with Crippen LogP contribution in [0.5, 0.6) is 0 Å². The van der Waals surface area contributed by atoms with Gasteiger partial charge in [0.1, 0.15) is 5.82 Å².